The first kappa shape index (κ1) is 16.2. The number of hydrogen-bond donors (Lipinski definition) is 2. The van der Waals surface area contributed by atoms with Gasteiger partial charge in [-0.3, -0.25) is 4.79 Å². The number of aromatic nitrogens is 2. The number of nitrogens with two attached hydrogens (primary N) is 1. The molecule has 0 radical (unpaired) electrons. The average molecular weight is 279 g/mol. The van der Waals surface area contributed by atoms with Gasteiger partial charge in [-0.15, -0.1) is 0 Å². The van der Waals surface area contributed by atoms with E-state index in [9.17, 15) is 4.79 Å². The lowest BCUT2D eigenvalue weighted by Gasteiger charge is -2.25. The molecule has 20 heavy (non-hydrogen) atoms. The van der Waals surface area contributed by atoms with Crippen LogP contribution < -0.4 is 16.0 Å². The highest BCUT2D eigenvalue weighted by Crippen LogP contribution is 2.30. The number of hydrogen-bond acceptors (Lipinski definition) is 5. The van der Waals surface area contributed by atoms with Crippen LogP contribution >= 0.6 is 0 Å². The summed E-state index contributed by atoms with van der Waals surface area (Å²) in [5.41, 5.74) is 6.34. The van der Waals surface area contributed by atoms with Gasteiger partial charge in [0.1, 0.15) is 18.0 Å². The minimum Gasteiger partial charge on any atom is -0.370 e. The van der Waals surface area contributed by atoms with Crippen molar-refractivity contribution in [3.8, 4) is 0 Å². The summed E-state index contributed by atoms with van der Waals surface area (Å²) in [6.07, 6.45) is 2.55. The van der Waals surface area contributed by atoms with E-state index in [-0.39, 0.29) is 18.4 Å². The molecule has 0 fully saturated rings. The molecule has 3 N–H and O–H groups in total. The van der Waals surface area contributed by atoms with Gasteiger partial charge in [-0.2, -0.15) is 0 Å². The fourth-order valence-corrected chi connectivity index (χ4v) is 2.08. The van der Waals surface area contributed by atoms with Crippen molar-refractivity contribution >= 4 is 17.5 Å². The molecule has 1 aromatic heterocycles. The van der Waals surface area contributed by atoms with Crippen molar-refractivity contribution < 1.29 is 4.79 Å². The third-order valence-corrected chi connectivity index (χ3v) is 3.01. The quantitative estimate of drug-likeness (QED) is 0.757. The number of anilines is 2. The number of amides is 1. The topological polar surface area (TPSA) is 84.1 Å². The van der Waals surface area contributed by atoms with Crippen molar-refractivity contribution in [1.29, 1.82) is 0 Å². The van der Waals surface area contributed by atoms with Crippen LogP contribution in [0.5, 0.6) is 0 Å². The Balaban J connectivity index is 3.19. The fourth-order valence-electron chi connectivity index (χ4n) is 2.08. The highest BCUT2D eigenvalue weighted by molar-refractivity contribution is 5.80. The number of rotatable bonds is 8. The Bertz CT molecular complexity index is 447. The number of carbonyl (C=O) groups is 1. The van der Waals surface area contributed by atoms with Crippen LogP contribution in [0.2, 0.25) is 0 Å². The van der Waals surface area contributed by atoms with Gasteiger partial charge in [0.05, 0.1) is 6.54 Å². The molecule has 0 aliphatic carbocycles. The minimum atomic E-state index is -0.358. The second kappa shape index (κ2) is 7.67. The van der Waals surface area contributed by atoms with Gasteiger partial charge in [0.25, 0.3) is 0 Å². The van der Waals surface area contributed by atoms with Gasteiger partial charge in [0, 0.05) is 18.7 Å². The standard InChI is InChI=1S/C14H25N5O/c1-5-7-16-13-12(10(3)4)14(18-9-17-13)19(6-2)8-11(15)20/h9-10H,5-8H2,1-4H3,(H2,15,20)(H,16,17,18). The van der Waals surface area contributed by atoms with Crippen LogP contribution in [0.3, 0.4) is 0 Å². The zero-order chi connectivity index (χ0) is 15.1. The summed E-state index contributed by atoms with van der Waals surface area (Å²) in [6.45, 7) is 9.98. The number of carbonyl (C=O) groups excluding carboxylic acids is 1. The van der Waals surface area contributed by atoms with Crippen molar-refractivity contribution in [2.24, 2.45) is 5.73 Å². The summed E-state index contributed by atoms with van der Waals surface area (Å²) in [7, 11) is 0. The third kappa shape index (κ3) is 4.08. The van der Waals surface area contributed by atoms with Crippen molar-refractivity contribution in [1.82, 2.24) is 9.97 Å². The largest absolute Gasteiger partial charge is 0.370 e. The molecule has 1 heterocycles. The monoisotopic (exact) mass is 279 g/mol. The molecular formula is C14H25N5O. The maximum absolute atomic E-state index is 11.2. The van der Waals surface area contributed by atoms with Crippen LogP contribution in [-0.2, 0) is 4.79 Å². The molecule has 0 bridgehead atoms. The van der Waals surface area contributed by atoms with Crippen LogP contribution in [-0.4, -0.2) is 35.5 Å². The first-order chi connectivity index (χ1) is 9.51. The summed E-state index contributed by atoms with van der Waals surface area (Å²) in [5.74, 6) is 1.53. The van der Waals surface area contributed by atoms with Crippen molar-refractivity contribution in [3.63, 3.8) is 0 Å². The summed E-state index contributed by atoms with van der Waals surface area (Å²) >= 11 is 0. The average Bonchev–Trinajstić information content (AvgIpc) is 2.41. The first-order valence-corrected chi connectivity index (χ1v) is 7.13. The van der Waals surface area contributed by atoms with Gasteiger partial charge in [-0.05, 0) is 19.3 Å². The molecule has 0 saturated carbocycles. The van der Waals surface area contributed by atoms with Crippen LogP contribution in [0.4, 0.5) is 11.6 Å². The molecule has 6 nitrogen and oxygen atoms in total. The summed E-state index contributed by atoms with van der Waals surface area (Å²) < 4.78 is 0. The van der Waals surface area contributed by atoms with Crippen molar-refractivity contribution in [2.75, 3.05) is 29.9 Å². The zero-order valence-corrected chi connectivity index (χ0v) is 12.8. The van der Waals surface area contributed by atoms with Gasteiger partial charge in [0.15, 0.2) is 0 Å². The summed E-state index contributed by atoms with van der Waals surface area (Å²) in [6, 6.07) is 0. The van der Waals surface area contributed by atoms with Gasteiger partial charge in [0.2, 0.25) is 5.91 Å². The fraction of sp³-hybridized carbons (Fsp3) is 0.643. The second-order valence-corrected chi connectivity index (χ2v) is 5.02. The molecule has 0 aliphatic heterocycles. The highest BCUT2D eigenvalue weighted by Gasteiger charge is 2.19. The number of nitrogens with zero attached hydrogens (tertiary/aromatic N) is 3. The normalized spacial score (nSPS) is 10.7. The number of likely N-dealkylation sites (N-methyl/N-ethyl adjacent to an activating group) is 1. The van der Waals surface area contributed by atoms with Gasteiger partial charge >= 0.3 is 0 Å². The molecule has 1 amide bonds. The molecule has 0 saturated heterocycles. The van der Waals surface area contributed by atoms with Crippen LogP contribution in [0.25, 0.3) is 0 Å². The molecule has 1 aromatic rings. The molecule has 6 heteroatoms. The Morgan fingerprint density at radius 1 is 1.40 bits per heavy atom. The maximum atomic E-state index is 11.2. The number of nitrogens with one attached hydrogen (secondary N) is 1. The molecule has 0 atom stereocenters. The van der Waals surface area contributed by atoms with E-state index in [1.807, 2.05) is 11.8 Å². The van der Waals surface area contributed by atoms with Crippen molar-refractivity contribution in [2.45, 2.75) is 40.0 Å². The smallest absolute Gasteiger partial charge is 0.236 e. The second-order valence-electron chi connectivity index (χ2n) is 5.02. The predicted octanol–water partition coefficient (Wildman–Crippen LogP) is 1.73. The van der Waals surface area contributed by atoms with E-state index in [4.69, 9.17) is 5.73 Å². The summed E-state index contributed by atoms with van der Waals surface area (Å²) in [5, 5.41) is 3.32. The molecule has 0 aromatic carbocycles. The molecule has 0 aliphatic rings. The van der Waals surface area contributed by atoms with E-state index in [0.717, 1.165) is 30.2 Å². The lowest BCUT2D eigenvalue weighted by atomic mass is 10.0. The van der Waals surface area contributed by atoms with Gasteiger partial charge in [-0.25, -0.2) is 9.97 Å². The van der Waals surface area contributed by atoms with Crippen LogP contribution in [0.15, 0.2) is 6.33 Å². The molecular weight excluding hydrogens is 254 g/mol. The molecule has 0 spiro atoms. The number of primary amides is 1. The Labute approximate surface area is 120 Å². The predicted molar refractivity (Wildman–Crippen MR) is 82.0 cm³/mol. The van der Waals surface area contributed by atoms with Gasteiger partial charge < -0.3 is 16.0 Å². The Morgan fingerprint density at radius 2 is 2.10 bits per heavy atom. The van der Waals surface area contributed by atoms with Gasteiger partial charge in [-0.1, -0.05) is 20.8 Å². The lowest BCUT2D eigenvalue weighted by molar-refractivity contribution is -0.116. The van der Waals surface area contributed by atoms with E-state index >= 15 is 0 Å². The van der Waals surface area contributed by atoms with E-state index in [2.05, 4.69) is 36.1 Å². The van der Waals surface area contributed by atoms with E-state index in [0.29, 0.717) is 6.54 Å². The Hall–Kier alpha value is -1.85. The summed E-state index contributed by atoms with van der Waals surface area (Å²) in [4.78, 5) is 21.8. The Kier molecular flexibility index (Phi) is 6.21. The van der Waals surface area contributed by atoms with Crippen molar-refractivity contribution in [3.05, 3.63) is 11.9 Å². The third-order valence-electron chi connectivity index (χ3n) is 3.01. The minimum absolute atomic E-state index is 0.167. The SMILES string of the molecule is CCCNc1ncnc(N(CC)CC(N)=O)c1C(C)C. The molecule has 1 rings (SSSR count). The first-order valence-electron chi connectivity index (χ1n) is 7.13. The van der Waals surface area contributed by atoms with E-state index in [1.165, 1.54) is 6.33 Å². The maximum Gasteiger partial charge on any atom is 0.236 e. The Morgan fingerprint density at radius 3 is 2.60 bits per heavy atom. The van der Waals surface area contributed by atoms with Crippen LogP contribution in [0, 0.1) is 0 Å². The molecule has 112 valence electrons. The van der Waals surface area contributed by atoms with E-state index in [1.54, 1.807) is 0 Å². The molecule has 0 unspecified atom stereocenters. The zero-order valence-electron chi connectivity index (χ0n) is 12.8. The lowest BCUT2D eigenvalue weighted by Crippen LogP contribution is -2.35. The highest BCUT2D eigenvalue weighted by atomic mass is 16.1. The van der Waals surface area contributed by atoms with E-state index < -0.39 is 0 Å². The van der Waals surface area contributed by atoms with Crippen LogP contribution in [0.1, 0.15) is 45.6 Å².